The second-order valence-corrected chi connectivity index (χ2v) is 36.6. The van der Waals surface area contributed by atoms with E-state index in [1.807, 2.05) is 48.7 Å². The maximum absolute atomic E-state index is 9.90. The van der Waals surface area contributed by atoms with E-state index >= 15 is 0 Å². The molecule has 3 saturated carbocycles. The summed E-state index contributed by atoms with van der Waals surface area (Å²) in [4.78, 5) is 38.5. The van der Waals surface area contributed by atoms with Gasteiger partial charge in [0.15, 0.2) is 0 Å². The van der Waals surface area contributed by atoms with Crippen LogP contribution in [0.1, 0.15) is 275 Å². The molecular weight excluding hydrogens is 1490 g/mol. The molecule has 0 spiro atoms. The Morgan fingerprint density at radius 1 is 0.350 bits per heavy atom. The third-order valence-corrected chi connectivity index (χ3v) is 23.2. The van der Waals surface area contributed by atoms with Crippen molar-refractivity contribution in [3.63, 3.8) is 0 Å². The quantitative estimate of drug-likeness (QED) is 0.109. The van der Waals surface area contributed by atoms with Gasteiger partial charge in [0.2, 0.25) is 0 Å². The molecule has 0 bridgehead atoms. The van der Waals surface area contributed by atoms with Gasteiger partial charge in [0.25, 0.3) is 0 Å². The summed E-state index contributed by atoms with van der Waals surface area (Å²) < 4.78 is 0. The summed E-state index contributed by atoms with van der Waals surface area (Å²) in [5, 5.41) is 21.9. The van der Waals surface area contributed by atoms with E-state index in [9.17, 15) is 10.2 Å². The number of piperazine rings is 2. The number of aliphatic imine (C=N–C) groups is 1. The number of piperidine rings is 5. The minimum atomic E-state index is 0. The zero-order valence-corrected chi connectivity index (χ0v) is 76.0. The van der Waals surface area contributed by atoms with Gasteiger partial charge in [-0.3, -0.25) is 24.8 Å². The number of rotatable bonds is 5. The number of nitrogens with zero attached hydrogens (tertiary/aromatic N) is 14. The Labute approximate surface area is 741 Å². The molecule has 2 aromatic carbocycles. The van der Waals surface area contributed by atoms with Crippen LogP contribution in [0.2, 0.25) is 0 Å². The molecule has 3 aliphatic carbocycles. The second-order valence-electron chi connectivity index (χ2n) is 36.6. The molecule has 0 amide bonds. The second kappa shape index (κ2) is 72.4. The SMILES string of the molecule is C.C.C.C.C.C=CN1CCN(C)CC1.CC(C)(C)C.CN1CCCCC1.CN1CCCCC1.CN1CCCCC1.CN1CCCCC1.CN1CCCCC1.CN1CCCN(Cc2ccc(O)c3ncccc23)CC1.CN1CCN(Cc2ccc(O)c3ncccc23)CC1.NC1C=CN=C1.NC1CCCCC1.NC1CCCCC1.NC1CCCCC1. The Hall–Kier alpha value is -4.75. The van der Waals surface area contributed by atoms with Crippen LogP contribution in [0.4, 0.5) is 0 Å². The summed E-state index contributed by atoms with van der Waals surface area (Å²) in [6.07, 6.45) is 53.2. The lowest BCUT2D eigenvalue weighted by Gasteiger charge is -2.32. The third kappa shape index (κ3) is 59.2. The number of likely N-dealkylation sites (tertiary alicyclic amines) is 5. The van der Waals surface area contributed by atoms with Gasteiger partial charge in [0.1, 0.15) is 22.5 Å². The number of aromatic hydroxyl groups is 2. The lowest BCUT2D eigenvalue weighted by atomic mass is 9.97. The van der Waals surface area contributed by atoms with E-state index in [4.69, 9.17) is 22.9 Å². The number of hydrogen-bond donors (Lipinski definition) is 6. The molecular formula is C100H196N18O2. The number of phenolic OH excluding ortho intramolecular Hbond substituents is 2. The fourth-order valence-electron chi connectivity index (χ4n) is 15.5. The molecule has 2 aromatic heterocycles. The minimum Gasteiger partial charge on any atom is -0.506 e. The lowest BCUT2D eigenvalue weighted by Crippen LogP contribution is -2.43. The molecule has 698 valence electrons. The summed E-state index contributed by atoms with van der Waals surface area (Å²) >= 11 is 0. The average Bonchev–Trinajstić information content (AvgIpc) is 0.835. The van der Waals surface area contributed by atoms with Crippen LogP contribution in [0.5, 0.6) is 11.5 Å². The van der Waals surface area contributed by atoms with Gasteiger partial charge in [0.05, 0.1) is 6.04 Å². The van der Waals surface area contributed by atoms with Crippen molar-refractivity contribution < 1.29 is 10.2 Å². The molecule has 10 N–H and O–H groups in total. The molecule has 120 heavy (non-hydrogen) atoms. The molecule has 8 saturated heterocycles. The van der Waals surface area contributed by atoms with E-state index in [0.717, 1.165) is 82.8 Å². The lowest BCUT2D eigenvalue weighted by molar-refractivity contribution is 0.148. The summed E-state index contributed by atoms with van der Waals surface area (Å²) in [5.74, 6) is 0.526. The Morgan fingerprint density at radius 2 is 0.608 bits per heavy atom. The number of aromatic nitrogens is 2. The molecule has 4 aromatic rings. The molecule has 1 unspecified atom stereocenters. The molecule has 20 nitrogen and oxygen atoms in total. The largest absolute Gasteiger partial charge is 0.506 e. The minimum absolute atomic E-state index is 0. The summed E-state index contributed by atoms with van der Waals surface area (Å²) in [5.41, 5.74) is 26.6. The van der Waals surface area contributed by atoms with Crippen molar-refractivity contribution in [3.8, 4) is 11.5 Å². The molecule has 11 heterocycles. The Morgan fingerprint density at radius 3 is 0.842 bits per heavy atom. The molecule has 11 fully saturated rings. The first-order valence-electron chi connectivity index (χ1n) is 46.0. The van der Waals surface area contributed by atoms with Gasteiger partial charge in [0, 0.05) is 132 Å². The highest BCUT2D eigenvalue weighted by Crippen LogP contribution is 2.29. The van der Waals surface area contributed by atoms with Crippen molar-refractivity contribution in [3.05, 3.63) is 97.1 Å². The number of benzene rings is 2. The van der Waals surface area contributed by atoms with E-state index < -0.39 is 0 Å². The van der Waals surface area contributed by atoms with Crippen LogP contribution < -0.4 is 22.9 Å². The monoisotopic (exact) mass is 1680 g/mol. The molecule has 16 rings (SSSR count). The van der Waals surface area contributed by atoms with Crippen LogP contribution in [0, 0.1) is 5.41 Å². The number of pyridine rings is 2. The number of fused-ring (bicyclic) bond motifs is 2. The maximum Gasteiger partial charge on any atom is 0.141 e. The van der Waals surface area contributed by atoms with Crippen LogP contribution in [-0.4, -0.2) is 305 Å². The molecule has 20 heteroatoms. The summed E-state index contributed by atoms with van der Waals surface area (Å²) in [6.45, 7) is 41.1. The first-order valence-corrected chi connectivity index (χ1v) is 46.0. The molecule has 1 atom stereocenters. The van der Waals surface area contributed by atoms with Crippen molar-refractivity contribution in [2.24, 2.45) is 33.3 Å². The predicted molar refractivity (Wildman–Crippen MR) is 531 cm³/mol. The smallest absolute Gasteiger partial charge is 0.141 e. The first kappa shape index (κ1) is 117. The topological polar surface area (TPSA) is 218 Å². The molecule has 9 aliphatic heterocycles. The Kier molecular flexibility index (Phi) is 70.8. The predicted octanol–water partition coefficient (Wildman–Crippen LogP) is 18.6. The highest BCUT2D eigenvalue weighted by molar-refractivity contribution is 5.88. The zero-order chi connectivity index (χ0) is 83.7. The summed E-state index contributed by atoms with van der Waals surface area (Å²) in [7, 11) is 17.5. The van der Waals surface area contributed by atoms with E-state index in [1.54, 1.807) is 36.9 Å². The first-order chi connectivity index (χ1) is 55.3. The van der Waals surface area contributed by atoms with Gasteiger partial charge in [-0.05, 0) is 297 Å². The maximum atomic E-state index is 9.90. The zero-order valence-electron chi connectivity index (χ0n) is 76.0. The Balaban J connectivity index is 0. The van der Waals surface area contributed by atoms with Crippen molar-refractivity contribution in [1.82, 2.24) is 63.9 Å². The Bertz CT molecular complexity index is 2820. The fraction of sp³-hybridized carbons (Fsp3) is 0.770. The molecule has 0 radical (unpaired) electrons. The van der Waals surface area contributed by atoms with Gasteiger partial charge in [-0.2, -0.15) is 0 Å². The van der Waals surface area contributed by atoms with Gasteiger partial charge < -0.3 is 77.2 Å². The van der Waals surface area contributed by atoms with Crippen LogP contribution >= 0.6 is 0 Å². The number of likely N-dealkylation sites (N-methyl/N-ethyl adjacent to an activating group) is 3. The van der Waals surface area contributed by atoms with Crippen LogP contribution in [0.25, 0.3) is 21.8 Å². The van der Waals surface area contributed by atoms with Crippen molar-refractivity contribution in [1.29, 1.82) is 0 Å². The van der Waals surface area contributed by atoms with Gasteiger partial charge in [-0.25, -0.2) is 0 Å². The van der Waals surface area contributed by atoms with Crippen molar-refractivity contribution in [2.75, 3.05) is 200 Å². The average molecular weight is 1680 g/mol. The normalized spacial score (nSPS) is 21.3. The third-order valence-electron chi connectivity index (χ3n) is 23.2. The van der Waals surface area contributed by atoms with Gasteiger partial charge in [-0.1, -0.05) is 186 Å². The summed E-state index contributed by atoms with van der Waals surface area (Å²) in [6, 6.07) is 17.2. The van der Waals surface area contributed by atoms with Crippen molar-refractivity contribution >= 4 is 28.0 Å². The van der Waals surface area contributed by atoms with Gasteiger partial charge in [-0.15, -0.1) is 0 Å². The van der Waals surface area contributed by atoms with Gasteiger partial charge >= 0.3 is 0 Å². The fourth-order valence-corrected chi connectivity index (χ4v) is 15.5. The van der Waals surface area contributed by atoms with E-state index in [-0.39, 0.29) is 54.7 Å². The van der Waals surface area contributed by atoms with Crippen LogP contribution in [-0.2, 0) is 13.1 Å². The number of nitrogens with two attached hydrogens (primary N) is 4. The standard InChI is InChI=1S/C16H21N3O.C15H19N3O.C7H14N2.8C6H13N.C5H12.C4H6N2.5CH4/c1-18-8-3-9-19(11-10-18)12-13-5-6-15(20)16-14(13)4-2-7-17-16;1-17-7-9-18(10-8-17)11-12-4-5-14(19)15-13(12)3-2-6-16-15;1-3-9-6-4-8(2)5-7-9;5*1-7-5-3-2-4-6-7;3*7-6-4-2-1-3-5-6;1-5(2,3)4;5-4-1-2-6-3-4;;;;;/h2,4-7,20H,3,8-12H2,1H3;2-6,19H,7-11H2,1H3;3H,1,4-7H2,2H3;5*2-6H2,1H3;3*6H,1-5,7H2;1-4H3;1-4H,5H2;5*1H4. The highest BCUT2D eigenvalue weighted by Gasteiger charge is 2.19. The van der Waals surface area contributed by atoms with E-state index in [2.05, 4.69) is 160 Å². The van der Waals surface area contributed by atoms with E-state index in [1.165, 1.54) is 295 Å². The van der Waals surface area contributed by atoms with E-state index in [0.29, 0.717) is 34.6 Å². The number of hydrogen-bond acceptors (Lipinski definition) is 20. The van der Waals surface area contributed by atoms with Crippen LogP contribution in [0.3, 0.4) is 0 Å². The van der Waals surface area contributed by atoms with Crippen molar-refractivity contribution in [2.45, 2.75) is 301 Å². The highest BCUT2D eigenvalue weighted by atomic mass is 16.3. The van der Waals surface area contributed by atoms with Crippen LogP contribution in [0.15, 0.2) is 91.0 Å². The number of phenols is 2. The molecule has 12 aliphatic rings.